The summed E-state index contributed by atoms with van der Waals surface area (Å²) in [4.78, 5) is 14.4. The summed E-state index contributed by atoms with van der Waals surface area (Å²) in [5.41, 5.74) is 2.91. The lowest BCUT2D eigenvalue weighted by Gasteiger charge is -2.72. The quantitative estimate of drug-likeness (QED) is 0.222. The van der Waals surface area contributed by atoms with Crippen molar-refractivity contribution in [1.82, 2.24) is 5.32 Å². The average molecular weight is 634 g/mol. The van der Waals surface area contributed by atoms with Crippen molar-refractivity contribution in [2.45, 2.75) is 125 Å². The van der Waals surface area contributed by atoms with Gasteiger partial charge in [-0.15, -0.1) is 0 Å². The van der Waals surface area contributed by atoms with Crippen LogP contribution in [-0.2, 0) is 11.2 Å². The van der Waals surface area contributed by atoms with Gasteiger partial charge in [-0.05, 0) is 153 Å². The summed E-state index contributed by atoms with van der Waals surface area (Å²) in [6, 6.07) is 6.11. The number of carbonyl (C=O) groups is 1. The third-order valence-electron chi connectivity index (χ3n) is 15.9. The molecule has 0 unspecified atom stereocenters. The van der Waals surface area contributed by atoms with Crippen molar-refractivity contribution >= 4 is 5.91 Å². The van der Waals surface area contributed by atoms with Crippen LogP contribution in [0.5, 0.6) is 11.5 Å². The molecule has 0 saturated heterocycles. The van der Waals surface area contributed by atoms with E-state index >= 15 is 0 Å². The lowest BCUT2D eigenvalue weighted by molar-refractivity contribution is -0.246. The van der Waals surface area contributed by atoms with Gasteiger partial charge in [-0.1, -0.05) is 52.8 Å². The van der Waals surface area contributed by atoms with Crippen LogP contribution in [0.4, 0.5) is 0 Å². The molecule has 5 nitrogen and oxygen atoms in total. The molecule has 0 spiro atoms. The second-order valence-electron chi connectivity index (χ2n) is 17.8. The second-order valence-corrected chi connectivity index (χ2v) is 17.8. The van der Waals surface area contributed by atoms with E-state index in [1.54, 1.807) is 14.2 Å². The lowest BCUT2D eigenvalue weighted by Crippen LogP contribution is -2.67. The molecule has 5 fully saturated rings. The highest BCUT2D eigenvalue weighted by Crippen LogP contribution is 2.77. The monoisotopic (exact) mass is 633 g/mol. The molecule has 0 radical (unpaired) electrons. The van der Waals surface area contributed by atoms with Gasteiger partial charge in [-0.25, -0.2) is 0 Å². The van der Waals surface area contributed by atoms with Gasteiger partial charge >= 0.3 is 0 Å². The maximum Gasteiger partial charge on any atom is 0.226 e. The van der Waals surface area contributed by atoms with Gasteiger partial charge in [0.15, 0.2) is 11.5 Å². The molecule has 1 aromatic rings. The first-order valence-corrected chi connectivity index (χ1v) is 18.5. The summed E-state index contributed by atoms with van der Waals surface area (Å²) in [5.74, 6) is 4.41. The Kier molecular flexibility index (Phi) is 8.72. The molecule has 0 aliphatic heterocycles. The zero-order chi connectivity index (χ0) is 33.3. The topological polar surface area (TPSA) is 67.8 Å². The van der Waals surface area contributed by atoms with E-state index in [9.17, 15) is 9.90 Å². The van der Waals surface area contributed by atoms with Crippen molar-refractivity contribution in [2.75, 3.05) is 20.8 Å². The van der Waals surface area contributed by atoms with E-state index in [1.807, 2.05) is 12.1 Å². The Labute approximate surface area is 279 Å². The molecule has 1 amide bonds. The number of hydrogen-bond acceptors (Lipinski definition) is 4. The molecular weight excluding hydrogens is 570 g/mol. The number of hydrogen-bond donors (Lipinski definition) is 2. The molecule has 5 heteroatoms. The predicted molar refractivity (Wildman–Crippen MR) is 186 cm³/mol. The molecule has 10 atom stereocenters. The molecule has 5 aliphatic carbocycles. The number of aliphatic hydroxyl groups is 1. The van der Waals surface area contributed by atoms with Gasteiger partial charge in [0, 0.05) is 6.54 Å². The van der Waals surface area contributed by atoms with Gasteiger partial charge in [0.1, 0.15) is 0 Å². The molecule has 2 N–H and O–H groups in total. The Bertz CT molecular complexity index is 1340. The summed E-state index contributed by atoms with van der Waals surface area (Å²) in [6.07, 6.45) is 12.9. The number of aryl methyl sites for hydroxylation is 1. The maximum absolute atomic E-state index is 14.4. The summed E-state index contributed by atoms with van der Waals surface area (Å²) in [5, 5.41) is 14.6. The number of amides is 1. The van der Waals surface area contributed by atoms with Crippen LogP contribution in [0.2, 0.25) is 0 Å². The van der Waals surface area contributed by atoms with E-state index in [0.717, 1.165) is 62.9 Å². The van der Waals surface area contributed by atoms with Crippen LogP contribution < -0.4 is 14.8 Å². The van der Waals surface area contributed by atoms with E-state index in [-0.39, 0.29) is 33.2 Å². The fourth-order valence-corrected chi connectivity index (χ4v) is 13.2. The zero-order valence-corrected chi connectivity index (χ0v) is 30.3. The van der Waals surface area contributed by atoms with E-state index in [4.69, 9.17) is 9.47 Å². The van der Waals surface area contributed by atoms with Crippen molar-refractivity contribution in [1.29, 1.82) is 0 Å². The van der Waals surface area contributed by atoms with Gasteiger partial charge in [-0.3, -0.25) is 4.79 Å². The number of nitrogens with one attached hydrogen (secondary N) is 1. The van der Waals surface area contributed by atoms with Gasteiger partial charge < -0.3 is 19.9 Å². The fourth-order valence-electron chi connectivity index (χ4n) is 13.2. The van der Waals surface area contributed by atoms with E-state index in [0.29, 0.717) is 42.0 Å². The van der Waals surface area contributed by atoms with Crippen molar-refractivity contribution < 1.29 is 19.4 Å². The lowest BCUT2D eigenvalue weighted by atomic mass is 9.32. The Morgan fingerprint density at radius 3 is 2.33 bits per heavy atom. The van der Waals surface area contributed by atoms with Crippen LogP contribution in [0, 0.1) is 56.7 Å². The summed E-state index contributed by atoms with van der Waals surface area (Å²) in [6.45, 7) is 20.0. The first-order valence-electron chi connectivity index (χ1n) is 18.5. The molecule has 5 saturated carbocycles. The molecule has 46 heavy (non-hydrogen) atoms. The fraction of sp³-hybridized carbons (Fsp3) is 0.780. The first kappa shape index (κ1) is 33.9. The number of aliphatic hydroxyl groups excluding tert-OH is 1. The van der Waals surface area contributed by atoms with Gasteiger partial charge in [0.25, 0.3) is 0 Å². The average Bonchev–Trinajstić information content (AvgIpc) is 3.43. The highest BCUT2D eigenvalue weighted by atomic mass is 16.5. The zero-order valence-electron chi connectivity index (χ0n) is 30.3. The van der Waals surface area contributed by atoms with Crippen LogP contribution in [0.25, 0.3) is 0 Å². The smallest absolute Gasteiger partial charge is 0.226 e. The summed E-state index contributed by atoms with van der Waals surface area (Å²) >= 11 is 0. The van der Waals surface area contributed by atoms with E-state index in [2.05, 4.69) is 59.5 Å². The highest BCUT2D eigenvalue weighted by Gasteiger charge is 2.71. The predicted octanol–water partition coefficient (Wildman–Crippen LogP) is 8.77. The number of benzene rings is 1. The minimum absolute atomic E-state index is 0.0260. The normalized spacial score (nSPS) is 42.5. The maximum atomic E-state index is 14.4. The van der Waals surface area contributed by atoms with Gasteiger partial charge in [0.2, 0.25) is 5.91 Å². The third kappa shape index (κ3) is 4.82. The number of ether oxygens (including phenoxy) is 2. The van der Waals surface area contributed by atoms with Crippen molar-refractivity contribution in [3.63, 3.8) is 0 Å². The minimum atomic E-state index is -0.279. The Hall–Kier alpha value is -2.01. The number of allylic oxidation sites excluding steroid dienone is 1. The van der Waals surface area contributed by atoms with E-state index < -0.39 is 0 Å². The van der Waals surface area contributed by atoms with E-state index in [1.165, 1.54) is 36.8 Å². The standard InChI is InChI=1S/C41H63NO4/c1-26(2)28-16-21-41(36(44)42-24-10-11-27-12-14-30(45-8)31(25-27)46-9)23-22-39(6)29(35(28)41)13-15-33-38(5)19-18-34(43)37(3,4)32(38)17-20-40(33,39)7/h12,14,25,28-29,32-35,43H,1,10-11,13,15-24H2,2-9H3,(H,42,44)/t28-,29+,32-,33+,34-,35+,38-,39+,40+,41-/m0/s1. The van der Waals surface area contributed by atoms with Crippen LogP contribution >= 0.6 is 0 Å². The van der Waals surface area contributed by atoms with Crippen molar-refractivity contribution in [3.8, 4) is 11.5 Å². The van der Waals surface area contributed by atoms with Crippen LogP contribution in [0.15, 0.2) is 30.4 Å². The first-order chi connectivity index (χ1) is 21.7. The van der Waals surface area contributed by atoms with Crippen LogP contribution in [0.3, 0.4) is 0 Å². The number of methoxy groups -OCH3 is 2. The molecular formula is C41H63NO4. The van der Waals surface area contributed by atoms with Crippen molar-refractivity contribution in [2.24, 2.45) is 56.7 Å². The molecule has 6 rings (SSSR count). The molecule has 256 valence electrons. The number of rotatable bonds is 8. The number of carbonyl (C=O) groups excluding carboxylic acids is 1. The minimum Gasteiger partial charge on any atom is -0.493 e. The van der Waals surface area contributed by atoms with Crippen molar-refractivity contribution in [3.05, 3.63) is 35.9 Å². The van der Waals surface area contributed by atoms with Gasteiger partial charge in [0.05, 0.1) is 25.7 Å². The molecule has 1 aromatic carbocycles. The van der Waals surface area contributed by atoms with Gasteiger partial charge in [-0.2, -0.15) is 0 Å². The summed E-state index contributed by atoms with van der Waals surface area (Å²) in [7, 11) is 3.34. The third-order valence-corrected chi connectivity index (χ3v) is 15.9. The Morgan fingerprint density at radius 1 is 0.891 bits per heavy atom. The largest absolute Gasteiger partial charge is 0.493 e. The Balaban J connectivity index is 1.22. The van der Waals surface area contributed by atoms with Crippen LogP contribution in [0.1, 0.15) is 118 Å². The highest BCUT2D eigenvalue weighted by molar-refractivity contribution is 5.84. The molecule has 0 bridgehead atoms. The van der Waals surface area contributed by atoms with Crippen LogP contribution in [-0.4, -0.2) is 37.9 Å². The molecule has 5 aliphatic rings. The summed E-state index contributed by atoms with van der Waals surface area (Å²) < 4.78 is 10.9. The molecule has 0 heterocycles. The SMILES string of the molecule is C=C(C)[C@@H]1CC[C@]2(C(=O)NCCCc3ccc(OC)c(OC)c3)CC[C@]3(C)[C@H](CC[C@@H]4[C@@]5(C)CC[C@H](O)C(C)(C)[C@@H]5CC[C@]43C)[C@@H]12. The Morgan fingerprint density at radius 2 is 1.63 bits per heavy atom. The second kappa shape index (κ2) is 11.8. The molecule has 0 aromatic heterocycles. The number of fused-ring (bicyclic) bond motifs is 7.